The van der Waals surface area contributed by atoms with E-state index in [1.807, 2.05) is 0 Å². The molecule has 0 aliphatic rings. The third-order valence-electron chi connectivity index (χ3n) is 2.72. The zero-order valence-corrected chi connectivity index (χ0v) is 9.68. The Balaban J connectivity index is 2.56. The van der Waals surface area contributed by atoms with E-state index in [0.29, 0.717) is 5.56 Å². The SMILES string of the molecule is CC(c1cccc(F)c1)n1c(N)cc(=O)[nH]c1=O. The molecule has 0 amide bonds. The lowest BCUT2D eigenvalue weighted by atomic mass is 10.1. The number of nitrogen functional groups attached to an aromatic ring is 1. The molecule has 2 aromatic rings. The number of aromatic nitrogens is 2. The number of hydrogen-bond donors (Lipinski definition) is 2. The van der Waals surface area contributed by atoms with Crippen LogP contribution in [0.25, 0.3) is 0 Å². The van der Waals surface area contributed by atoms with Crippen LogP contribution in [0.15, 0.2) is 39.9 Å². The highest BCUT2D eigenvalue weighted by atomic mass is 19.1. The number of halogens is 1. The van der Waals surface area contributed by atoms with Crippen LogP contribution in [0.2, 0.25) is 0 Å². The molecule has 94 valence electrons. The summed E-state index contributed by atoms with van der Waals surface area (Å²) >= 11 is 0. The summed E-state index contributed by atoms with van der Waals surface area (Å²) in [5.41, 5.74) is 5.07. The maximum atomic E-state index is 13.1. The molecule has 1 unspecified atom stereocenters. The summed E-state index contributed by atoms with van der Waals surface area (Å²) in [5, 5.41) is 0. The smallest absolute Gasteiger partial charge is 0.330 e. The molecular formula is C12H12FN3O2. The van der Waals surface area contributed by atoms with E-state index in [4.69, 9.17) is 5.73 Å². The van der Waals surface area contributed by atoms with Crippen molar-refractivity contribution in [1.29, 1.82) is 0 Å². The van der Waals surface area contributed by atoms with Gasteiger partial charge < -0.3 is 5.73 Å². The van der Waals surface area contributed by atoms with Gasteiger partial charge in [-0.1, -0.05) is 12.1 Å². The van der Waals surface area contributed by atoms with Crippen LogP contribution < -0.4 is 17.0 Å². The Morgan fingerprint density at radius 3 is 2.67 bits per heavy atom. The van der Waals surface area contributed by atoms with Gasteiger partial charge in [0.25, 0.3) is 5.56 Å². The number of H-pyrrole nitrogens is 1. The first-order chi connectivity index (χ1) is 8.49. The first-order valence-electron chi connectivity index (χ1n) is 5.36. The maximum Gasteiger partial charge on any atom is 0.330 e. The molecule has 0 bridgehead atoms. The Kier molecular flexibility index (Phi) is 3.01. The first kappa shape index (κ1) is 12.1. The Hall–Kier alpha value is -2.37. The summed E-state index contributed by atoms with van der Waals surface area (Å²) in [7, 11) is 0. The highest BCUT2D eigenvalue weighted by Gasteiger charge is 2.13. The van der Waals surface area contributed by atoms with Crippen molar-refractivity contribution in [3.63, 3.8) is 0 Å². The molecular weight excluding hydrogens is 237 g/mol. The molecule has 3 N–H and O–H groups in total. The Morgan fingerprint density at radius 2 is 2.06 bits per heavy atom. The van der Waals surface area contributed by atoms with Crippen molar-refractivity contribution < 1.29 is 4.39 Å². The first-order valence-corrected chi connectivity index (χ1v) is 5.36. The molecule has 1 atom stereocenters. The molecule has 18 heavy (non-hydrogen) atoms. The zero-order chi connectivity index (χ0) is 13.3. The van der Waals surface area contributed by atoms with E-state index in [1.165, 1.54) is 16.7 Å². The van der Waals surface area contributed by atoms with Gasteiger partial charge >= 0.3 is 5.69 Å². The molecule has 1 heterocycles. The summed E-state index contributed by atoms with van der Waals surface area (Å²) < 4.78 is 14.3. The van der Waals surface area contributed by atoms with Crippen LogP contribution in [-0.2, 0) is 0 Å². The fourth-order valence-corrected chi connectivity index (χ4v) is 1.84. The predicted octanol–water partition coefficient (Wildman–Crippen LogP) is 0.867. The van der Waals surface area contributed by atoms with Crippen LogP contribution >= 0.6 is 0 Å². The van der Waals surface area contributed by atoms with Gasteiger partial charge in [-0.25, -0.2) is 9.18 Å². The van der Waals surface area contributed by atoms with E-state index in [2.05, 4.69) is 4.98 Å². The minimum Gasteiger partial charge on any atom is -0.385 e. The second-order valence-corrected chi connectivity index (χ2v) is 3.96. The summed E-state index contributed by atoms with van der Waals surface area (Å²) in [5.74, 6) is -0.351. The molecule has 0 saturated carbocycles. The van der Waals surface area contributed by atoms with Gasteiger partial charge in [-0.3, -0.25) is 14.3 Å². The van der Waals surface area contributed by atoms with Gasteiger partial charge in [0.05, 0.1) is 6.04 Å². The normalized spacial score (nSPS) is 12.3. The van der Waals surface area contributed by atoms with Crippen molar-refractivity contribution in [2.45, 2.75) is 13.0 Å². The second-order valence-electron chi connectivity index (χ2n) is 3.96. The summed E-state index contributed by atoms with van der Waals surface area (Å²) in [4.78, 5) is 24.9. The largest absolute Gasteiger partial charge is 0.385 e. The van der Waals surface area contributed by atoms with Crippen molar-refractivity contribution in [1.82, 2.24) is 9.55 Å². The fraction of sp³-hybridized carbons (Fsp3) is 0.167. The van der Waals surface area contributed by atoms with E-state index in [1.54, 1.807) is 19.1 Å². The average molecular weight is 249 g/mol. The molecule has 0 fully saturated rings. The van der Waals surface area contributed by atoms with E-state index in [9.17, 15) is 14.0 Å². The lowest BCUT2D eigenvalue weighted by molar-refractivity contribution is 0.587. The third-order valence-corrected chi connectivity index (χ3v) is 2.72. The topological polar surface area (TPSA) is 80.9 Å². The molecule has 0 spiro atoms. The van der Waals surface area contributed by atoms with Crippen molar-refractivity contribution in [3.05, 3.63) is 62.6 Å². The van der Waals surface area contributed by atoms with Gasteiger partial charge in [0.2, 0.25) is 0 Å². The number of hydrogen-bond acceptors (Lipinski definition) is 3. The summed E-state index contributed by atoms with van der Waals surface area (Å²) in [6.07, 6.45) is 0. The van der Waals surface area contributed by atoms with E-state index < -0.39 is 23.1 Å². The number of nitrogens with one attached hydrogen (secondary N) is 1. The van der Waals surface area contributed by atoms with Crippen molar-refractivity contribution >= 4 is 5.82 Å². The number of anilines is 1. The van der Waals surface area contributed by atoms with Crippen molar-refractivity contribution in [3.8, 4) is 0 Å². The minimum atomic E-state index is -0.614. The number of nitrogens with two attached hydrogens (primary N) is 1. The third kappa shape index (κ3) is 2.17. The monoisotopic (exact) mass is 249 g/mol. The molecule has 0 aliphatic carbocycles. The van der Waals surface area contributed by atoms with Crippen molar-refractivity contribution in [2.24, 2.45) is 0 Å². The van der Waals surface area contributed by atoms with Gasteiger partial charge in [0.15, 0.2) is 0 Å². The Labute approximate surface area is 102 Å². The second kappa shape index (κ2) is 4.48. The van der Waals surface area contributed by atoms with E-state index >= 15 is 0 Å². The molecule has 2 rings (SSSR count). The van der Waals surface area contributed by atoms with E-state index in [0.717, 1.165) is 6.07 Å². The van der Waals surface area contributed by atoms with Crippen LogP contribution in [0.4, 0.5) is 10.2 Å². The number of benzene rings is 1. The van der Waals surface area contributed by atoms with Crippen LogP contribution in [-0.4, -0.2) is 9.55 Å². The zero-order valence-electron chi connectivity index (χ0n) is 9.68. The summed E-state index contributed by atoms with van der Waals surface area (Å²) in [6, 6.07) is 6.53. The van der Waals surface area contributed by atoms with Gasteiger partial charge in [0, 0.05) is 6.07 Å². The fourth-order valence-electron chi connectivity index (χ4n) is 1.84. The molecule has 6 heteroatoms. The van der Waals surface area contributed by atoms with Gasteiger partial charge in [-0.05, 0) is 24.6 Å². The van der Waals surface area contributed by atoms with Gasteiger partial charge in [0.1, 0.15) is 11.6 Å². The number of aromatic amines is 1. The van der Waals surface area contributed by atoms with E-state index in [-0.39, 0.29) is 5.82 Å². The average Bonchev–Trinajstić information content (AvgIpc) is 2.27. The predicted molar refractivity (Wildman–Crippen MR) is 65.9 cm³/mol. The quantitative estimate of drug-likeness (QED) is 0.828. The minimum absolute atomic E-state index is 0.0421. The molecule has 1 aromatic heterocycles. The van der Waals surface area contributed by atoms with Crippen LogP contribution in [0.3, 0.4) is 0 Å². The highest BCUT2D eigenvalue weighted by Crippen LogP contribution is 2.18. The lowest BCUT2D eigenvalue weighted by Crippen LogP contribution is -2.33. The number of rotatable bonds is 2. The lowest BCUT2D eigenvalue weighted by Gasteiger charge is -2.17. The standard InChI is InChI=1S/C12H12FN3O2/c1-7(8-3-2-4-9(13)5-8)16-10(14)6-11(17)15-12(16)18/h2-7H,14H2,1H3,(H,15,17,18). The number of nitrogens with zero attached hydrogens (tertiary/aromatic N) is 1. The van der Waals surface area contributed by atoms with Crippen LogP contribution in [0, 0.1) is 5.82 Å². The molecule has 0 aliphatic heterocycles. The highest BCUT2D eigenvalue weighted by molar-refractivity contribution is 5.30. The molecule has 0 saturated heterocycles. The van der Waals surface area contributed by atoms with Crippen LogP contribution in [0.5, 0.6) is 0 Å². The Morgan fingerprint density at radius 1 is 1.33 bits per heavy atom. The van der Waals surface area contributed by atoms with Crippen molar-refractivity contribution in [2.75, 3.05) is 5.73 Å². The van der Waals surface area contributed by atoms with Crippen LogP contribution in [0.1, 0.15) is 18.5 Å². The molecule has 5 nitrogen and oxygen atoms in total. The summed E-state index contributed by atoms with van der Waals surface area (Å²) in [6.45, 7) is 1.70. The Bertz CT molecular complexity index is 690. The maximum absolute atomic E-state index is 13.1. The van der Waals surface area contributed by atoms with Gasteiger partial charge in [-0.15, -0.1) is 0 Å². The molecule has 0 radical (unpaired) electrons. The van der Waals surface area contributed by atoms with Gasteiger partial charge in [-0.2, -0.15) is 0 Å². The molecule has 1 aromatic carbocycles.